The van der Waals surface area contributed by atoms with Gasteiger partial charge in [0, 0.05) is 5.92 Å². The molecule has 0 spiro atoms. The molecule has 220 valence electrons. The van der Waals surface area contributed by atoms with Crippen molar-refractivity contribution >= 4 is 5.57 Å². The second-order valence-corrected chi connectivity index (χ2v) is 12.4. The maximum Gasteiger partial charge on any atom is 0.0158 e. The summed E-state index contributed by atoms with van der Waals surface area (Å²) >= 11 is 0. The minimum absolute atomic E-state index is 0.00228. The molecule has 1 unspecified atom stereocenters. The topological polar surface area (TPSA) is 0 Å². The first kappa shape index (κ1) is 35.4. The van der Waals surface area contributed by atoms with E-state index in [2.05, 4.69) is 135 Å². The molecule has 2 aliphatic rings. The molecular weight excluding hydrogens is 480 g/mol. The molecule has 2 aliphatic carbocycles. The number of rotatable bonds is 10. The lowest BCUT2D eigenvalue weighted by molar-refractivity contribution is 0.393. The van der Waals surface area contributed by atoms with E-state index in [-0.39, 0.29) is 10.8 Å². The van der Waals surface area contributed by atoms with Gasteiger partial charge in [-0.05, 0) is 88.3 Å². The minimum atomic E-state index is 0.00228. The highest BCUT2D eigenvalue weighted by Gasteiger charge is 2.43. The fraction of sp³-hybridized carbons (Fsp3) is 0.500. The lowest BCUT2D eigenvalue weighted by Crippen LogP contribution is -2.24. The zero-order chi connectivity index (χ0) is 30.5. The summed E-state index contributed by atoms with van der Waals surface area (Å²) in [4.78, 5) is 0. The highest BCUT2D eigenvalue weighted by atomic mass is 14.5. The summed E-state index contributed by atoms with van der Waals surface area (Å²) in [6.45, 7) is 30.8. The van der Waals surface area contributed by atoms with Crippen molar-refractivity contribution in [3.8, 4) is 0 Å². The molecule has 0 heterocycles. The third kappa shape index (κ3) is 8.70. The molecule has 0 nitrogen and oxygen atoms in total. The molecule has 1 aromatic carbocycles. The lowest BCUT2D eigenvalue weighted by atomic mass is 9.67. The van der Waals surface area contributed by atoms with Crippen LogP contribution in [0.5, 0.6) is 0 Å². The molecule has 0 radical (unpaired) electrons. The molecule has 0 saturated carbocycles. The van der Waals surface area contributed by atoms with Crippen molar-refractivity contribution < 1.29 is 0 Å². The van der Waals surface area contributed by atoms with Gasteiger partial charge in [-0.1, -0.05) is 149 Å². The van der Waals surface area contributed by atoms with Crippen molar-refractivity contribution in [1.82, 2.24) is 0 Å². The largest absolute Gasteiger partial charge is 0.103 e. The highest BCUT2D eigenvalue weighted by molar-refractivity contribution is 5.89. The Hall–Kier alpha value is -2.60. The molecule has 1 atom stereocenters. The van der Waals surface area contributed by atoms with E-state index in [1.807, 2.05) is 27.7 Å². The SMILES string of the molecule is C=CCC1=C(/C(=C\CC(C)C)C/C=C\C=C/C)c2ccc(C(C)(C)C)cc2C1C(C)(C)C1=CCC=C1.CC.CC. The molecule has 0 saturated heterocycles. The van der Waals surface area contributed by atoms with E-state index in [4.69, 9.17) is 0 Å². The second-order valence-electron chi connectivity index (χ2n) is 12.4. The van der Waals surface area contributed by atoms with Gasteiger partial charge in [0.2, 0.25) is 0 Å². The maximum atomic E-state index is 4.21. The molecule has 0 aromatic heterocycles. The fourth-order valence-corrected chi connectivity index (χ4v) is 5.73. The smallest absolute Gasteiger partial charge is 0.0158 e. The van der Waals surface area contributed by atoms with Gasteiger partial charge in [0.1, 0.15) is 0 Å². The van der Waals surface area contributed by atoms with Crippen molar-refractivity contribution in [2.45, 2.75) is 120 Å². The van der Waals surface area contributed by atoms with E-state index in [1.165, 1.54) is 39.0 Å². The van der Waals surface area contributed by atoms with Gasteiger partial charge in [-0.3, -0.25) is 0 Å². The summed E-state index contributed by atoms with van der Waals surface area (Å²) in [5.74, 6) is 0.965. The first-order chi connectivity index (χ1) is 19.0. The molecule has 1 aromatic rings. The number of hydrogen-bond donors (Lipinski definition) is 0. The van der Waals surface area contributed by atoms with Crippen LogP contribution < -0.4 is 0 Å². The summed E-state index contributed by atoms with van der Waals surface area (Å²) in [5.41, 5.74) is 10.4. The predicted molar refractivity (Wildman–Crippen MR) is 184 cm³/mol. The van der Waals surface area contributed by atoms with E-state index in [1.54, 1.807) is 0 Å². The van der Waals surface area contributed by atoms with Crippen LogP contribution in [-0.2, 0) is 5.41 Å². The monoisotopic (exact) mass is 540 g/mol. The lowest BCUT2D eigenvalue weighted by Gasteiger charge is -2.36. The summed E-state index contributed by atoms with van der Waals surface area (Å²) in [5, 5.41) is 0. The molecule has 3 rings (SSSR count). The van der Waals surface area contributed by atoms with Gasteiger partial charge >= 0.3 is 0 Å². The quantitative estimate of drug-likeness (QED) is 0.204. The van der Waals surface area contributed by atoms with Gasteiger partial charge in [-0.25, -0.2) is 0 Å². The number of allylic oxidation sites excluding steroid dienone is 13. The number of hydrogen-bond acceptors (Lipinski definition) is 0. The molecule has 0 aliphatic heterocycles. The molecule has 40 heavy (non-hydrogen) atoms. The second kappa shape index (κ2) is 16.6. The van der Waals surface area contributed by atoms with Gasteiger partial charge in [-0.2, -0.15) is 0 Å². The van der Waals surface area contributed by atoms with Crippen LogP contribution in [0.1, 0.15) is 131 Å². The molecule has 0 heteroatoms. The van der Waals surface area contributed by atoms with E-state index in [0.717, 1.165) is 25.7 Å². The van der Waals surface area contributed by atoms with Gasteiger partial charge in [0.15, 0.2) is 0 Å². The Bertz CT molecular complexity index is 1130. The number of benzene rings is 1. The first-order valence-corrected chi connectivity index (χ1v) is 15.9. The Kier molecular flexibility index (Phi) is 14.7. The first-order valence-electron chi connectivity index (χ1n) is 15.9. The van der Waals surface area contributed by atoms with Crippen molar-refractivity contribution in [1.29, 1.82) is 0 Å². The van der Waals surface area contributed by atoms with Crippen LogP contribution in [0.15, 0.2) is 96.2 Å². The van der Waals surface area contributed by atoms with Crippen LogP contribution in [0.4, 0.5) is 0 Å². The standard InChI is InChI=1S/C36H48.2C2H6/c1-10-12-13-14-18-27(22-21-26(3)4)33-30-24-23-29(35(5,6)7)25-32(30)34(31(33)17-11-2)36(8,9)28-19-15-16-20-28;2*1-2/h10-15,19-20,22-26,34H,2,16-18,21H2,1,3-9H3;2*1-2H3/b12-10-,14-13-,27-22-;;. The molecular formula is C40H60. The summed E-state index contributed by atoms with van der Waals surface area (Å²) in [7, 11) is 0. The van der Waals surface area contributed by atoms with Crippen molar-refractivity contribution in [3.05, 3.63) is 113 Å². The Balaban J connectivity index is 0.00000191. The van der Waals surface area contributed by atoms with E-state index in [0.29, 0.717) is 11.8 Å². The number of fused-ring (bicyclic) bond motifs is 1. The van der Waals surface area contributed by atoms with E-state index < -0.39 is 0 Å². The van der Waals surface area contributed by atoms with Crippen LogP contribution in [0.25, 0.3) is 5.57 Å². The highest BCUT2D eigenvalue weighted by Crippen LogP contribution is 2.57. The predicted octanol–water partition coefficient (Wildman–Crippen LogP) is 12.9. The van der Waals surface area contributed by atoms with E-state index in [9.17, 15) is 0 Å². The van der Waals surface area contributed by atoms with Gasteiger partial charge in [0.05, 0.1) is 0 Å². The summed E-state index contributed by atoms with van der Waals surface area (Å²) in [6, 6.07) is 7.30. The zero-order valence-corrected chi connectivity index (χ0v) is 28.1. The van der Waals surface area contributed by atoms with Crippen molar-refractivity contribution in [2.24, 2.45) is 11.3 Å². The normalized spacial score (nSPS) is 17.2. The maximum absolute atomic E-state index is 4.21. The van der Waals surface area contributed by atoms with Crippen molar-refractivity contribution in [2.75, 3.05) is 0 Å². The molecule has 0 amide bonds. The average molecular weight is 541 g/mol. The Morgan fingerprint density at radius 3 is 2.23 bits per heavy atom. The average Bonchev–Trinajstić information content (AvgIpc) is 3.58. The minimum Gasteiger partial charge on any atom is -0.103 e. The Labute approximate surface area is 249 Å². The van der Waals surface area contributed by atoms with Crippen LogP contribution in [0.2, 0.25) is 0 Å². The van der Waals surface area contributed by atoms with E-state index >= 15 is 0 Å². The third-order valence-corrected chi connectivity index (χ3v) is 7.70. The summed E-state index contributed by atoms with van der Waals surface area (Å²) < 4.78 is 0. The fourth-order valence-electron chi connectivity index (χ4n) is 5.73. The third-order valence-electron chi connectivity index (χ3n) is 7.70. The Morgan fingerprint density at radius 2 is 1.70 bits per heavy atom. The molecule has 0 bridgehead atoms. The van der Waals surface area contributed by atoms with Crippen molar-refractivity contribution in [3.63, 3.8) is 0 Å². The molecule has 0 fully saturated rings. The summed E-state index contributed by atoms with van der Waals surface area (Å²) in [6.07, 6.45) is 24.4. The van der Waals surface area contributed by atoms with Gasteiger partial charge in [-0.15, -0.1) is 6.58 Å². The van der Waals surface area contributed by atoms with Gasteiger partial charge < -0.3 is 0 Å². The van der Waals surface area contributed by atoms with Crippen LogP contribution in [0, 0.1) is 11.3 Å². The Morgan fingerprint density at radius 1 is 1.02 bits per heavy atom. The van der Waals surface area contributed by atoms with Gasteiger partial charge in [0.25, 0.3) is 0 Å². The van der Waals surface area contributed by atoms with Crippen LogP contribution in [-0.4, -0.2) is 0 Å². The van der Waals surface area contributed by atoms with Crippen LogP contribution in [0.3, 0.4) is 0 Å². The molecule has 0 N–H and O–H groups in total. The zero-order valence-electron chi connectivity index (χ0n) is 28.1. The van der Waals surface area contributed by atoms with Crippen LogP contribution >= 0.6 is 0 Å².